The molecule has 1 saturated heterocycles. The van der Waals surface area contributed by atoms with Gasteiger partial charge in [-0.1, -0.05) is 27.4 Å². The van der Waals surface area contributed by atoms with Gasteiger partial charge in [0, 0.05) is 44.8 Å². The summed E-state index contributed by atoms with van der Waals surface area (Å²) in [5.41, 5.74) is 0.761. The molecule has 1 amide bonds. The highest BCUT2D eigenvalue weighted by Crippen LogP contribution is 2.16. The van der Waals surface area contributed by atoms with E-state index >= 15 is 0 Å². The van der Waals surface area contributed by atoms with Gasteiger partial charge in [-0.25, -0.2) is 0 Å². The standard InChI is InChI=1S/C15H29N3O2/c1-6-16-7-8-18-9-10-20-14(11-18)13(4)17(5)15(19)12(2)3/h12,14,16H,4,6-11H2,1-3,5H3/t14-/m1/s1. The molecule has 1 aliphatic heterocycles. The quantitative estimate of drug-likeness (QED) is 0.706. The first-order chi connectivity index (χ1) is 9.47. The van der Waals surface area contributed by atoms with Crippen molar-refractivity contribution < 1.29 is 9.53 Å². The lowest BCUT2D eigenvalue weighted by atomic mass is 10.1. The molecular weight excluding hydrogens is 254 g/mol. The smallest absolute Gasteiger partial charge is 0.229 e. The summed E-state index contributed by atoms with van der Waals surface area (Å²) in [6, 6.07) is 0. The number of carbonyl (C=O) groups excluding carboxylic acids is 1. The summed E-state index contributed by atoms with van der Waals surface area (Å²) < 4.78 is 5.77. The van der Waals surface area contributed by atoms with Crippen molar-refractivity contribution in [2.24, 2.45) is 5.92 Å². The van der Waals surface area contributed by atoms with Gasteiger partial charge in [0.1, 0.15) is 6.10 Å². The second kappa shape index (κ2) is 8.39. The van der Waals surface area contributed by atoms with E-state index in [2.05, 4.69) is 23.7 Å². The van der Waals surface area contributed by atoms with Crippen molar-refractivity contribution in [2.75, 3.05) is 46.4 Å². The van der Waals surface area contributed by atoms with Crippen LogP contribution in [0.1, 0.15) is 20.8 Å². The Labute approximate surface area is 122 Å². The van der Waals surface area contributed by atoms with Crippen LogP contribution < -0.4 is 5.32 Å². The number of ether oxygens (including phenoxy) is 1. The lowest BCUT2D eigenvalue weighted by Crippen LogP contribution is -2.48. The number of nitrogens with zero attached hydrogens (tertiary/aromatic N) is 2. The Morgan fingerprint density at radius 3 is 2.85 bits per heavy atom. The molecule has 0 spiro atoms. The number of carbonyl (C=O) groups is 1. The number of amides is 1. The van der Waals surface area contributed by atoms with Gasteiger partial charge in [0.05, 0.1) is 6.61 Å². The fourth-order valence-corrected chi connectivity index (χ4v) is 2.27. The molecule has 116 valence electrons. The van der Waals surface area contributed by atoms with E-state index in [-0.39, 0.29) is 17.9 Å². The third kappa shape index (κ3) is 4.89. The van der Waals surface area contributed by atoms with Gasteiger partial charge in [-0.05, 0) is 6.54 Å². The van der Waals surface area contributed by atoms with Crippen molar-refractivity contribution in [2.45, 2.75) is 26.9 Å². The lowest BCUT2D eigenvalue weighted by molar-refractivity contribution is -0.132. The average Bonchev–Trinajstić information content (AvgIpc) is 2.45. The van der Waals surface area contributed by atoms with Crippen molar-refractivity contribution in [3.8, 4) is 0 Å². The number of morpholine rings is 1. The average molecular weight is 283 g/mol. The van der Waals surface area contributed by atoms with Crippen molar-refractivity contribution >= 4 is 5.91 Å². The number of hydrogen-bond acceptors (Lipinski definition) is 4. The third-order valence-corrected chi connectivity index (χ3v) is 3.63. The second-order valence-corrected chi connectivity index (χ2v) is 5.56. The van der Waals surface area contributed by atoms with Crippen molar-refractivity contribution in [3.05, 3.63) is 12.3 Å². The lowest BCUT2D eigenvalue weighted by Gasteiger charge is -2.36. The molecule has 0 aromatic heterocycles. The van der Waals surface area contributed by atoms with E-state index in [1.165, 1.54) is 0 Å². The summed E-state index contributed by atoms with van der Waals surface area (Å²) in [6.07, 6.45) is -0.0851. The van der Waals surface area contributed by atoms with Gasteiger partial charge in [0.15, 0.2) is 0 Å². The van der Waals surface area contributed by atoms with Crippen LogP contribution in [0.5, 0.6) is 0 Å². The van der Waals surface area contributed by atoms with E-state index in [1.54, 1.807) is 11.9 Å². The molecule has 20 heavy (non-hydrogen) atoms. The molecular formula is C15H29N3O2. The van der Waals surface area contributed by atoms with Crippen LogP contribution in [0.2, 0.25) is 0 Å². The zero-order valence-electron chi connectivity index (χ0n) is 13.3. The fourth-order valence-electron chi connectivity index (χ4n) is 2.27. The topological polar surface area (TPSA) is 44.8 Å². The first kappa shape index (κ1) is 17.1. The highest BCUT2D eigenvalue weighted by molar-refractivity contribution is 5.79. The molecule has 5 heteroatoms. The van der Waals surface area contributed by atoms with Gasteiger partial charge >= 0.3 is 0 Å². The molecule has 1 fully saturated rings. The van der Waals surface area contributed by atoms with Crippen molar-refractivity contribution in [3.63, 3.8) is 0 Å². The van der Waals surface area contributed by atoms with Crippen LogP contribution in [0, 0.1) is 5.92 Å². The fraction of sp³-hybridized carbons (Fsp3) is 0.800. The molecule has 1 heterocycles. The summed E-state index contributed by atoms with van der Waals surface area (Å²) in [5.74, 6) is 0.0635. The van der Waals surface area contributed by atoms with E-state index in [4.69, 9.17) is 4.74 Å². The van der Waals surface area contributed by atoms with E-state index in [1.807, 2.05) is 13.8 Å². The number of nitrogens with one attached hydrogen (secondary N) is 1. The zero-order valence-corrected chi connectivity index (χ0v) is 13.3. The van der Waals surface area contributed by atoms with Crippen LogP contribution in [0.15, 0.2) is 12.3 Å². The Kier molecular flexibility index (Phi) is 7.19. The number of hydrogen-bond donors (Lipinski definition) is 1. The highest BCUT2D eigenvalue weighted by Gasteiger charge is 2.27. The minimum absolute atomic E-state index is 0.0230. The van der Waals surface area contributed by atoms with Gasteiger partial charge in [0.25, 0.3) is 0 Å². The highest BCUT2D eigenvalue weighted by atomic mass is 16.5. The summed E-state index contributed by atoms with van der Waals surface area (Å²) in [5, 5.41) is 3.33. The number of rotatable bonds is 7. The minimum atomic E-state index is -0.0851. The molecule has 0 aliphatic carbocycles. The maximum absolute atomic E-state index is 12.0. The molecule has 5 nitrogen and oxygen atoms in total. The first-order valence-electron chi connectivity index (χ1n) is 7.48. The predicted octanol–water partition coefficient (Wildman–Crippen LogP) is 0.925. The van der Waals surface area contributed by atoms with Crippen LogP contribution in [0.3, 0.4) is 0 Å². The van der Waals surface area contributed by atoms with E-state index in [0.29, 0.717) is 6.61 Å². The van der Waals surface area contributed by atoms with E-state index < -0.39 is 0 Å². The van der Waals surface area contributed by atoms with Crippen molar-refractivity contribution in [1.29, 1.82) is 0 Å². The minimum Gasteiger partial charge on any atom is -0.369 e. The van der Waals surface area contributed by atoms with Crippen LogP contribution in [-0.4, -0.2) is 68.2 Å². The summed E-state index contributed by atoms with van der Waals surface area (Å²) in [4.78, 5) is 16.0. The van der Waals surface area contributed by atoms with Crippen molar-refractivity contribution in [1.82, 2.24) is 15.1 Å². The van der Waals surface area contributed by atoms with Crippen LogP contribution in [0.4, 0.5) is 0 Å². The molecule has 0 aromatic carbocycles. The van der Waals surface area contributed by atoms with Crippen LogP contribution in [-0.2, 0) is 9.53 Å². The monoisotopic (exact) mass is 283 g/mol. The summed E-state index contributed by atoms with van der Waals surface area (Å²) in [7, 11) is 1.78. The van der Waals surface area contributed by atoms with E-state index in [9.17, 15) is 4.79 Å². The molecule has 0 bridgehead atoms. The Balaban J connectivity index is 2.49. The third-order valence-electron chi connectivity index (χ3n) is 3.63. The normalized spacial score (nSPS) is 20.1. The Morgan fingerprint density at radius 2 is 2.25 bits per heavy atom. The predicted molar refractivity (Wildman–Crippen MR) is 81.5 cm³/mol. The second-order valence-electron chi connectivity index (χ2n) is 5.56. The largest absolute Gasteiger partial charge is 0.369 e. The molecule has 0 aromatic rings. The summed E-state index contributed by atoms with van der Waals surface area (Å²) >= 11 is 0. The molecule has 1 aliphatic rings. The first-order valence-corrected chi connectivity index (χ1v) is 7.48. The molecule has 0 unspecified atom stereocenters. The van der Waals surface area contributed by atoms with Crippen LogP contribution in [0.25, 0.3) is 0 Å². The van der Waals surface area contributed by atoms with Gasteiger partial charge in [-0.15, -0.1) is 0 Å². The van der Waals surface area contributed by atoms with E-state index in [0.717, 1.165) is 38.4 Å². The van der Waals surface area contributed by atoms with Gasteiger partial charge in [-0.2, -0.15) is 0 Å². The Morgan fingerprint density at radius 1 is 1.55 bits per heavy atom. The summed E-state index contributed by atoms with van der Waals surface area (Å²) in [6.45, 7) is 15.4. The van der Waals surface area contributed by atoms with Gasteiger partial charge in [0.2, 0.25) is 5.91 Å². The molecule has 0 radical (unpaired) electrons. The zero-order chi connectivity index (χ0) is 15.1. The Hall–Kier alpha value is -0.910. The van der Waals surface area contributed by atoms with Crippen LogP contribution >= 0.6 is 0 Å². The molecule has 1 N–H and O–H groups in total. The Bertz CT molecular complexity index is 331. The molecule has 1 atom stereocenters. The van der Waals surface area contributed by atoms with Gasteiger partial charge in [-0.3, -0.25) is 9.69 Å². The van der Waals surface area contributed by atoms with Gasteiger partial charge < -0.3 is 15.0 Å². The maximum Gasteiger partial charge on any atom is 0.229 e. The molecule has 1 rings (SSSR count). The maximum atomic E-state index is 12.0. The SMILES string of the molecule is C=C([C@H]1CN(CCNCC)CCO1)N(C)C(=O)C(C)C. The molecule has 0 saturated carbocycles. The number of likely N-dealkylation sites (N-methyl/N-ethyl adjacent to an activating group) is 2.